The average Bonchev–Trinajstić information content (AvgIpc) is 2.53. The molecule has 11 heteroatoms. The number of hydrogen-bond donors (Lipinski definition) is 4. The van der Waals surface area contributed by atoms with Crippen molar-refractivity contribution < 1.29 is 19.6 Å². The molecule has 2 rings (SSSR count). The number of nitrogens with zero attached hydrogens (tertiary/aromatic N) is 1. The molecule has 1 aromatic carbocycles. The number of aliphatic carboxylic acids is 1. The molecule has 1 aromatic heterocycles. The fraction of sp³-hybridized carbons (Fsp3) is 0.286. The van der Waals surface area contributed by atoms with Crippen LogP contribution in [0.3, 0.4) is 0 Å². The number of non-ortho nitro benzene ring substituents is 1. The fourth-order valence-corrected chi connectivity index (χ4v) is 2.21. The highest BCUT2D eigenvalue weighted by Crippen LogP contribution is 2.21. The van der Waals surface area contributed by atoms with Gasteiger partial charge >= 0.3 is 17.1 Å². The third-order valence-electron chi connectivity index (χ3n) is 3.38. The number of aromatic nitrogens is 2. The van der Waals surface area contributed by atoms with Crippen molar-refractivity contribution in [2.45, 2.75) is 25.8 Å². The Morgan fingerprint density at radius 3 is 2.48 bits per heavy atom. The molecule has 0 unspecified atom stereocenters. The molecule has 0 radical (unpaired) electrons. The number of fused-ring (bicyclic) bond motifs is 1. The molecular weight excluding hydrogens is 336 g/mol. The molecule has 2 aromatic rings. The molecule has 0 aliphatic carbocycles. The number of benzene rings is 1. The maximum Gasteiger partial charge on any atom is 0.314 e. The van der Waals surface area contributed by atoms with E-state index in [-0.39, 0.29) is 48.1 Å². The minimum absolute atomic E-state index is 0.0213. The van der Waals surface area contributed by atoms with Crippen LogP contribution in [0, 0.1) is 10.1 Å². The van der Waals surface area contributed by atoms with Gasteiger partial charge in [-0.3, -0.25) is 29.3 Å². The maximum absolute atomic E-state index is 11.7. The summed E-state index contributed by atoms with van der Waals surface area (Å²) in [7, 11) is 0. The molecule has 0 saturated heterocycles. The van der Waals surface area contributed by atoms with Crippen molar-refractivity contribution in [1.82, 2.24) is 15.3 Å². The van der Waals surface area contributed by atoms with Crippen LogP contribution in [-0.4, -0.2) is 31.9 Å². The van der Waals surface area contributed by atoms with Crippen LogP contribution in [-0.2, 0) is 16.1 Å². The van der Waals surface area contributed by atoms with Crippen molar-refractivity contribution in [2.75, 3.05) is 0 Å². The van der Waals surface area contributed by atoms with Crippen LogP contribution >= 0.6 is 0 Å². The predicted octanol–water partition coefficient (Wildman–Crippen LogP) is -0.00430. The highest BCUT2D eigenvalue weighted by Gasteiger charge is 2.14. The third-order valence-corrected chi connectivity index (χ3v) is 3.38. The number of carbonyl (C=O) groups is 2. The van der Waals surface area contributed by atoms with E-state index in [1.807, 2.05) is 0 Å². The first-order valence-corrected chi connectivity index (χ1v) is 7.20. The number of nitrogens with one attached hydrogen (secondary N) is 3. The smallest absolute Gasteiger partial charge is 0.314 e. The van der Waals surface area contributed by atoms with Crippen molar-refractivity contribution in [3.05, 3.63) is 48.5 Å². The molecule has 0 atom stereocenters. The first kappa shape index (κ1) is 17.8. The summed E-state index contributed by atoms with van der Waals surface area (Å²) < 4.78 is 0. The normalized spacial score (nSPS) is 10.6. The number of carbonyl (C=O) groups excluding carboxylic acids is 1. The average molecular weight is 350 g/mol. The lowest BCUT2D eigenvalue weighted by atomic mass is 10.1. The van der Waals surface area contributed by atoms with E-state index in [4.69, 9.17) is 5.11 Å². The molecule has 0 saturated carbocycles. The summed E-state index contributed by atoms with van der Waals surface area (Å²) in [5, 5.41) is 22.0. The van der Waals surface area contributed by atoms with Gasteiger partial charge in [0.25, 0.3) is 5.69 Å². The molecule has 1 heterocycles. The number of hydrogen-bond acceptors (Lipinski definition) is 6. The highest BCUT2D eigenvalue weighted by atomic mass is 16.6. The van der Waals surface area contributed by atoms with E-state index < -0.39 is 27.9 Å². The minimum Gasteiger partial charge on any atom is -0.481 e. The van der Waals surface area contributed by atoms with Gasteiger partial charge in [-0.2, -0.15) is 0 Å². The van der Waals surface area contributed by atoms with Crippen LogP contribution in [0.5, 0.6) is 0 Å². The van der Waals surface area contributed by atoms with Gasteiger partial charge in [0, 0.05) is 37.1 Å². The summed E-state index contributed by atoms with van der Waals surface area (Å²) in [5.74, 6) is -1.45. The van der Waals surface area contributed by atoms with Crippen LogP contribution in [0.1, 0.15) is 24.8 Å². The molecule has 4 N–H and O–H groups in total. The number of aromatic amines is 2. The van der Waals surface area contributed by atoms with Crippen LogP contribution < -0.4 is 16.4 Å². The zero-order valence-electron chi connectivity index (χ0n) is 12.8. The van der Waals surface area contributed by atoms with E-state index in [0.717, 1.165) is 6.07 Å². The lowest BCUT2D eigenvalue weighted by Crippen LogP contribution is -2.30. The van der Waals surface area contributed by atoms with Gasteiger partial charge < -0.3 is 20.4 Å². The van der Waals surface area contributed by atoms with E-state index in [1.54, 1.807) is 0 Å². The van der Waals surface area contributed by atoms with Gasteiger partial charge in [-0.1, -0.05) is 0 Å². The Morgan fingerprint density at radius 2 is 1.84 bits per heavy atom. The quantitative estimate of drug-likeness (QED) is 0.308. The molecule has 132 valence electrons. The molecule has 25 heavy (non-hydrogen) atoms. The second kappa shape index (κ2) is 7.38. The van der Waals surface area contributed by atoms with Crippen LogP contribution in [0.15, 0.2) is 21.7 Å². The van der Waals surface area contributed by atoms with Crippen molar-refractivity contribution in [3.63, 3.8) is 0 Å². The summed E-state index contributed by atoms with van der Waals surface area (Å²) in [6.07, 6.45) is -0.0186. The second-order valence-electron chi connectivity index (χ2n) is 5.22. The molecule has 0 aliphatic heterocycles. The van der Waals surface area contributed by atoms with Crippen molar-refractivity contribution in [2.24, 2.45) is 0 Å². The van der Waals surface area contributed by atoms with Gasteiger partial charge in [0.2, 0.25) is 5.91 Å². The Kier molecular flexibility index (Phi) is 5.27. The largest absolute Gasteiger partial charge is 0.481 e. The molecule has 0 bridgehead atoms. The zero-order valence-corrected chi connectivity index (χ0v) is 12.8. The number of H-pyrrole nitrogens is 2. The Labute approximate surface area is 138 Å². The molecule has 0 spiro atoms. The minimum atomic E-state index is -1.01. The number of rotatable bonds is 7. The van der Waals surface area contributed by atoms with E-state index in [1.165, 1.54) is 6.07 Å². The maximum atomic E-state index is 11.7. The first-order valence-electron chi connectivity index (χ1n) is 7.20. The van der Waals surface area contributed by atoms with Gasteiger partial charge in [0.05, 0.1) is 16.0 Å². The number of carboxylic acid groups (broad SMARTS) is 1. The third kappa shape index (κ3) is 4.50. The standard InChI is InChI=1S/C14H14N4O7/c19-10(2-1-3-11(20)21)15-6-7-4-8(18(24)25)5-9-12(7)17-14(23)13(22)16-9/h4-5H,1-3,6H2,(H,15,19)(H,16,22)(H,17,23)(H,20,21). The van der Waals surface area contributed by atoms with Gasteiger partial charge in [-0.15, -0.1) is 0 Å². The Hall–Kier alpha value is -3.50. The predicted molar refractivity (Wildman–Crippen MR) is 85.2 cm³/mol. The first-order chi connectivity index (χ1) is 11.8. The molecule has 1 amide bonds. The Bertz CT molecular complexity index is 960. The Balaban J connectivity index is 2.26. The number of amides is 1. The molecule has 0 aliphatic rings. The molecular formula is C14H14N4O7. The number of carboxylic acids is 1. The summed E-state index contributed by atoms with van der Waals surface area (Å²) in [6.45, 7) is -0.133. The van der Waals surface area contributed by atoms with E-state index in [0.29, 0.717) is 0 Å². The number of nitro benzene ring substituents is 1. The van der Waals surface area contributed by atoms with E-state index >= 15 is 0 Å². The SMILES string of the molecule is O=C(O)CCCC(=O)NCc1cc([N+](=O)[O-])cc2[nH]c(=O)c(=O)[nH]c12. The van der Waals surface area contributed by atoms with Gasteiger partial charge in [0.15, 0.2) is 0 Å². The van der Waals surface area contributed by atoms with E-state index in [2.05, 4.69) is 15.3 Å². The van der Waals surface area contributed by atoms with Crippen LogP contribution in [0.2, 0.25) is 0 Å². The zero-order chi connectivity index (χ0) is 18.6. The topological polar surface area (TPSA) is 175 Å². The fourth-order valence-electron chi connectivity index (χ4n) is 2.21. The number of nitro groups is 1. The summed E-state index contributed by atoms with van der Waals surface area (Å²) in [4.78, 5) is 59.9. The van der Waals surface area contributed by atoms with Crippen LogP contribution in [0.25, 0.3) is 11.0 Å². The van der Waals surface area contributed by atoms with Gasteiger partial charge in [0.1, 0.15) is 0 Å². The van der Waals surface area contributed by atoms with Gasteiger partial charge in [-0.25, -0.2) is 0 Å². The van der Waals surface area contributed by atoms with Crippen molar-refractivity contribution in [1.29, 1.82) is 0 Å². The molecule has 11 nitrogen and oxygen atoms in total. The summed E-state index contributed by atoms with van der Waals surface area (Å²) >= 11 is 0. The summed E-state index contributed by atoms with van der Waals surface area (Å²) in [5.41, 5.74) is -1.71. The highest BCUT2D eigenvalue weighted by molar-refractivity contribution is 5.82. The van der Waals surface area contributed by atoms with Crippen molar-refractivity contribution in [3.8, 4) is 0 Å². The lowest BCUT2D eigenvalue weighted by Gasteiger charge is -2.08. The Morgan fingerprint density at radius 1 is 1.16 bits per heavy atom. The summed E-state index contributed by atoms with van der Waals surface area (Å²) in [6, 6.07) is 2.28. The molecule has 0 fully saturated rings. The second-order valence-corrected chi connectivity index (χ2v) is 5.22. The van der Waals surface area contributed by atoms with Gasteiger partial charge in [-0.05, 0) is 6.42 Å². The van der Waals surface area contributed by atoms with Crippen LogP contribution in [0.4, 0.5) is 5.69 Å². The van der Waals surface area contributed by atoms with E-state index in [9.17, 15) is 29.3 Å². The van der Waals surface area contributed by atoms with Crippen molar-refractivity contribution >= 4 is 28.6 Å². The monoisotopic (exact) mass is 350 g/mol. The lowest BCUT2D eigenvalue weighted by molar-refractivity contribution is -0.384.